The van der Waals surface area contributed by atoms with Gasteiger partial charge >= 0.3 is 5.97 Å². The summed E-state index contributed by atoms with van der Waals surface area (Å²) in [7, 11) is 0. The normalized spacial score (nSPS) is 26.6. The van der Waals surface area contributed by atoms with Gasteiger partial charge in [0, 0.05) is 12.8 Å². The fourth-order valence-electron chi connectivity index (χ4n) is 2.57. The molecular weight excluding hydrogens is 256 g/mol. The van der Waals surface area contributed by atoms with Crippen LogP contribution in [0.1, 0.15) is 45.4 Å². The zero-order valence-corrected chi connectivity index (χ0v) is 12.0. The van der Waals surface area contributed by atoms with Crippen molar-refractivity contribution in [1.29, 1.82) is 0 Å². The Morgan fingerprint density at radius 2 is 2.00 bits per heavy atom. The van der Waals surface area contributed by atoms with E-state index in [1.165, 1.54) is 0 Å². The van der Waals surface area contributed by atoms with Crippen molar-refractivity contribution in [3.63, 3.8) is 0 Å². The molecule has 3 unspecified atom stereocenters. The van der Waals surface area contributed by atoms with E-state index in [1.54, 1.807) is 6.08 Å². The van der Waals surface area contributed by atoms with E-state index in [2.05, 4.69) is 0 Å². The highest BCUT2D eigenvalue weighted by Gasteiger charge is 2.32. The molecule has 3 atom stereocenters. The Hall–Kier alpha value is -1.42. The van der Waals surface area contributed by atoms with Gasteiger partial charge in [0.15, 0.2) is 5.78 Å². The summed E-state index contributed by atoms with van der Waals surface area (Å²) in [4.78, 5) is 21.7. The Labute approximate surface area is 120 Å². The molecule has 0 heterocycles. The molecule has 0 radical (unpaired) electrons. The second-order valence-corrected chi connectivity index (χ2v) is 5.29. The molecule has 0 aromatic heterocycles. The Kier molecular flexibility index (Phi) is 7.23. The fraction of sp³-hybridized carbons (Fsp3) is 0.625. The number of ketones is 1. The second kappa shape index (κ2) is 8.69. The predicted molar refractivity (Wildman–Crippen MR) is 77.3 cm³/mol. The molecule has 1 fully saturated rings. The van der Waals surface area contributed by atoms with Gasteiger partial charge in [-0.2, -0.15) is 0 Å². The van der Waals surface area contributed by atoms with E-state index in [1.807, 2.05) is 25.2 Å². The number of rotatable bonds is 8. The topological polar surface area (TPSA) is 74.6 Å². The van der Waals surface area contributed by atoms with Crippen molar-refractivity contribution < 1.29 is 19.8 Å². The van der Waals surface area contributed by atoms with Gasteiger partial charge in [0.25, 0.3) is 0 Å². The molecule has 0 amide bonds. The lowest BCUT2D eigenvalue weighted by atomic mass is 9.90. The molecule has 4 heteroatoms. The van der Waals surface area contributed by atoms with Crippen LogP contribution in [0, 0.1) is 11.8 Å². The zero-order chi connectivity index (χ0) is 15.0. The third-order valence-electron chi connectivity index (χ3n) is 3.82. The Balaban J connectivity index is 2.45. The van der Waals surface area contributed by atoms with Crippen LogP contribution >= 0.6 is 0 Å². The number of aliphatic hydroxyl groups is 1. The van der Waals surface area contributed by atoms with Gasteiger partial charge in [-0.1, -0.05) is 25.2 Å². The summed E-state index contributed by atoms with van der Waals surface area (Å²) in [6.45, 7) is 1.83. The molecule has 0 aromatic carbocycles. The van der Waals surface area contributed by atoms with E-state index in [9.17, 15) is 14.7 Å². The largest absolute Gasteiger partial charge is 0.481 e. The fourth-order valence-corrected chi connectivity index (χ4v) is 2.57. The van der Waals surface area contributed by atoms with Crippen LogP contribution in [0.3, 0.4) is 0 Å². The average molecular weight is 280 g/mol. The number of aliphatic hydroxyl groups excluding tert-OH is 1. The highest BCUT2D eigenvalue weighted by atomic mass is 16.4. The third-order valence-corrected chi connectivity index (χ3v) is 3.82. The summed E-state index contributed by atoms with van der Waals surface area (Å²) in [6.07, 6.45) is 10.6. The lowest BCUT2D eigenvalue weighted by molar-refractivity contribution is -0.136. The number of carbonyl (C=O) groups excluding carboxylic acids is 1. The van der Waals surface area contributed by atoms with Crippen molar-refractivity contribution >= 4 is 11.8 Å². The maximum absolute atomic E-state index is 11.3. The van der Waals surface area contributed by atoms with E-state index >= 15 is 0 Å². The monoisotopic (exact) mass is 280 g/mol. The number of hydrogen-bond donors (Lipinski definition) is 2. The molecule has 1 saturated carbocycles. The van der Waals surface area contributed by atoms with Gasteiger partial charge in [-0.05, 0) is 43.6 Å². The van der Waals surface area contributed by atoms with Gasteiger partial charge in [-0.25, -0.2) is 0 Å². The summed E-state index contributed by atoms with van der Waals surface area (Å²) < 4.78 is 0. The average Bonchev–Trinajstić information content (AvgIpc) is 2.76. The third kappa shape index (κ3) is 5.70. The molecule has 0 bridgehead atoms. The molecule has 0 spiro atoms. The van der Waals surface area contributed by atoms with E-state index in [4.69, 9.17) is 5.11 Å². The first-order valence-electron chi connectivity index (χ1n) is 7.30. The van der Waals surface area contributed by atoms with Crippen molar-refractivity contribution in [1.82, 2.24) is 0 Å². The molecule has 1 rings (SSSR count). The minimum Gasteiger partial charge on any atom is -0.481 e. The molecule has 0 aliphatic heterocycles. The van der Waals surface area contributed by atoms with E-state index in [0.29, 0.717) is 12.8 Å². The van der Waals surface area contributed by atoms with E-state index in [-0.39, 0.29) is 30.1 Å². The van der Waals surface area contributed by atoms with Crippen LogP contribution < -0.4 is 0 Å². The van der Waals surface area contributed by atoms with Crippen LogP contribution in [0.4, 0.5) is 0 Å². The van der Waals surface area contributed by atoms with Crippen molar-refractivity contribution in [2.45, 2.75) is 51.6 Å². The van der Waals surface area contributed by atoms with Crippen LogP contribution in [-0.4, -0.2) is 28.1 Å². The number of carboxylic acids is 1. The van der Waals surface area contributed by atoms with Crippen LogP contribution in [0.15, 0.2) is 24.3 Å². The first kappa shape index (κ1) is 16.6. The number of carboxylic acid groups (broad SMARTS) is 1. The Morgan fingerprint density at radius 1 is 1.25 bits per heavy atom. The van der Waals surface area contributed by atoms with Crippen molar-refractivity contribution in [3.05, 3.63) is 24.3 Å². The number of aliphatic carboxylic acids is 1. The number of allylic oxidation sites excluding steroid dienone is 4. The van der Waals surface area contributed by atoms with Gasteiger partial charge in [-0.15, -0.1) is 0 Å². The van der Waals surface area contributed by atoms with Crippen LogP contribution in [-0.2, 0) is 9.59 Å². The SMILES string of the molecule is CCC(=O)C=CC1CCC(O)C1CC=CCCC(=O)O. The van der Waals surface area contributed by atoms with E-state index in [0.717, 1.165) is 19.3 Å². The second-order valence-electron chi connectivity index (χ2n) is 5.29. The standard InChI is InChI=1S/C16H24O4/c1-2-13(17)10-8-12-9-11-15(18)14(12)6-4-3-5-7-16(19)20/h3-4,8,10,12,14-15,18H,2,5-7,9,11H2,1H3,(H,19,20). The Bertz CT molecular complexity index is 384. The number of carbonyl (C=O) groups is 2. The highest BCUT2D eigenvalue weighted by molar-refractivity contribution is 5.89. The van der Waals surface area contributed by atoms with E-state index < -0.39 is 5.97 Å². The predicted octanol–water partition coefficient (Wildman–Crippen LogP) is 2.72. The summed E-state index contributed by atoms with van der Waals surface area (Å²) in [5.41, 5.74) is 0. The first-order valence-corrected chi connectivity index (χ1v) is 7.30. The Morgan fingerprint density at radius 3 is 2.65 bits per heavy atom. The van der Waals surface area contributed by atoms with Crippen LogP contribution in [0.25, 0.3) is 0 Å². The lowest BCUT2D eigenvalue weighted by Gasteiger charge is -2.17. The van der Waals surface area contributed by atoms with Gasteiger partial charge in [0.2, 0.25) is 0 Å². The maximum Gasteiger partial charge on any atom is 0.303 e. The maximum atomic E-state index is 11.3. The summed E-state index contributed by atoms with van der Waals surface area (Å²) in [5, 5.41) is 18.5. The molecule has 0 saturated heterocycles. The number of hydrogen-bond acceptors (Lipinski definition) is 3. The van der Waals surface area contributed by atoms with Gasteiger partial charge in [-0.3, -0.25) is 9.59 Å². The molecule has 4 nitrogen and oxygen atoms in total. The first-order chi connectivity index (χ1) is 9.54. The molecular formula is C16H24O4. The minimum atomic E-state index is -0.797. The van der Waals surface area contributed by atoms with Crippen LogP contribution in [0.2, 0.25) is 0 Å². The smallest absolute Gasteiger partial charge is 0.303 e. The quantitative estimate of drug-likeness (QED) is 0.529. The van der Waals surface area contributed by atoms with Gasteiger partial charge in [0.1, 0.15) is 0 Å². The highest BCUT2D eigenvalue weighted by Crippen LogP contribution is 2.35. The van der Waals surface area contributed by atoms with Crippen LogP contribution in [0.5, 0.6) is 0 Å². The molecule has 1 aliphatic rings. The molecule has 2 N–H and O–H groups in total. The summed E-state index contributed by atoms with van der Waals surface area (Å²) in [6, 6.07) is 0. The van der Waals surface area contributed by atoms with Gasteiger partial charge < -0.3 is 10.2 Å². The molecule has 20 heavy (non-hydrogen) atoms. The van der Waals surface area contributed by atoms with Gasteiger partial charge in [0.05, 0.1) is 6.10 Å². The molecule has 112 valence electrons. The zero-order valence-electron chi connectivity index (χ0n) is 12.0. The van der Waals surface area contributed by atoms with Crippen molar-refractivity contribution in [3.8, 4) is 0 Å². The minimum absolute atomic E-state index is 0.113. The van der Waals surface area contributed by atoms with Crippen molar-refractivity contribution in [2.24, 2.45) is 11.8 Å². The summed E-state index contributed by atoms with van der Waals surface area (Å²) >= 11 is 0. The summed E-state index contributed by atoms with van der Waals surface area (Å²) in [5.74, 6) is -0.307. The molecule has 0 aromatic rings. The molecule has 1 aliphatic carbocycles. The lowest BCUT2D eigenvalue weighted by Crippen LogP contribution is -2.17. The van der Waals surface area contributed by atoms with Crippen molar-refractivity contribution in [2.75, 3.05) is 0 Å².